The van der Waals surface area contributed by atoms with Crippen LogP contribution < -0.4 is 5.32 Å². The molecule has 1 aliphatic heterocycles. The van der Waals surface area contributed by atoms with Crippen LogP contribution in [0, 0.1) is 5.92 Å². The zero-order valence-corrected chi connectivity index (χ0v) is 12.5. The van der Waals surface area contributed by atoms with Crippen LogP contribution in [0.2, 0.25) is 0 Å². The average Bonchev–Trinajstić information content (AvgIpc) is 3.08. The van der Waals surface area contributed by atoms with Gasteiger partial charge in [-0.2, -0.15) is 5.21 Å². The highest BCUT2D eigenvalue weighted by Gasteiger charge is 2.28. The number of amides is 1. The van der Waals surface area contributed by atoms with Crippen molar-refractivity contribution >= 4 is 5.91 Å². The molecule has 1 amide bonds. The van der Waals surface area contributed by atoms with Crippen molar-refractivity contribution in [2.75, 3.05) is 6.61 Å². The first-order chi connectivity index (χ1) is 10.7. The Balaban J connectivity index is 1.56. The molecule has 7 heteroatoms. The van der Waals surface area contributed by atoms with Crippen LogP contribution in [-0.4, -0.2) is 39.2 Å². The van der Waals surface area contributed by atoms with E-state index in [2.05, 4.69) is 25.9 Å². The zero-order valence-electron chi connectivity index (χ0n) is 12.5. The molecule has 3 rings (SSSR count). The van der Waals surface area contributed by atoms with E-state index in [9.17, 15) is 4.79 Å². The van der Waals surface area contributed by atoms with Crippen LogP contribution in [0.4, 0.5) is 0 Å². The molecule has 0 saturated carbocycles. The molecular weight excluding hydrogens is 282 g/mol. The van der Waals surface area contributed by atoms with Crippen molar-refractivity contribution < 1.29 is 9.53 Å². The van der Waals surface area contributed by atoms with Gasteiger partial charge in [0.2, 0.25) is 11.7 Å². The van der Waals surface area contributed by atoms with Crippen LogP contribution in [-0.2, 0) is 16.1 Å². The van der Waals surface area contributed by atoms with Crippen molar-refractivity contribution in [3.05, 3.63) is 29.8 Å². The third kappa shape index (κ3) is 3.30. The molecule has 1 fully saturated rings. The maximum atomic E-state index is 12.2. The molecule has 1 aromatic carbocycles. The summed E-state index contributed by atoms with van der Waals surface area (Å²) in [5, 5.41) is 16.8. The summed E-state index contributed by atoms with van der Waals surface area (Å²) in [5.74, 6) is 0.575. The predicted octanol–water partition coefficient (Wildman–Crippen LogP) is 1.30. The van der Waals surface area contributed by atoms with E-state index in [4.69, 9.17) is 4.74 Å². The highest BCUT2D eigenvalue weighted by atomic mass is 16.5. The first-order valence-electron chi connectivity index (χ1n) is 7.46. The van der Waals surface area contributed by atoms with Crippen LogP contribution in [0.5, 0.6) is 0 Å². The summed E-state index contributed by atoms with van der Waals surface area (Å²) in [6.07, 6.45) is 1.83. The molecule has 1 aliphatic rings. The van der Waals surface area contributed by atoms with Gasteiger partial charge in [-0.05, 0) is 30.5 Å². The fourth-order valence-corrected chi connectivity index (χ4v) is 2.64. The van der Waals surface area contributed by atoms with E-state index in [0.29, 0.717) is 12.4 Å². The van der Waals surface area contributed by atoms with E-state index in [0.717, 1.165) is 30.6 Å². The third-order valence-corrected chi connectivity index (χ3v) is 3.97. The summed E-state index contributed by atoms with van der Waals surface area (Å²) in [7, 11) is 0. The topological polar surface area (TPSA) is 92.8 Å². The molecule has 0 aliphatic carbocycles. The van der Waals surface area contributed by atoms with Crippen LogP contribution in [0.3, 0.4) is 0 Å². The van der Waals surface area contributed by atoms with Gasteiger partial charge in [-0.15, -0.1) is 10.2 Å². The number of H-pyrrole nitrogens is 1. The van der Waals surface area contributed by atoms with Crippen molar-refractivity contribution in [1.29, 1.82) is 0 Å². The Bertz CT molecular complexity index is 611. The van der Waals surface area contributed by atoms with E-state index in [1.807, 2.05) is 31.2 Å². The fourth-order valence-electron chi connectivity index (χ4n) is 2.64. The maximum Gasteiger partial charge on any atom is 0.225 e. The van der Waals surface area contributed by atoms with Crippen LogP contribution in [0.15, 0.2) is 24.3 Å². The number of hydrogen-bond donors (Lipinski definition) is 2. The van der Waals surface area contributed by atoms with Gasteiger partial charge in [-0.3, -0.25) is 4.79 Å². The van der Waals surface area contributed by atoms with E-state index >= 15 is 0 Å². The van der Waals surface area contributed by atoms with Gasteiger partial charge in [0.15, 0.2) is 0 Å². The summed E-state index contributed by atoms with van der Waals surface area (Å²) in [6.45, 7) is 3.22. The minimum absolute atomic E-state index is 0.00522. The van der Waals surface area contributed by atoms with E-state index < -0.39 is 0 Å². The molecule has 1 aromatic heterocycles. The molecule has 1 saturated heterocycles. The molecular formula is C15H19N5O2. The number of aromatic nitrogens is 4. The smallest absolute Gasteiger partial charge is 0.225 e. The second-order valence-electron chi connectivity index (χ2n) is 5.47. The fraction of sp³-hybridized carbons (Fsp3) is 0.467. The Morgan fingerprint density at radius 2 is 2.23 bits per heavy atom. The number of rotatable bonds is 4. The summed E-state index contributed by atoms with van der Waals surface area (Å²) in [5.41, 5.74) is 1.92. The second-order valence-corrected chi connectivity index (χ2v) is 5.47. The van der Waals surface area contributed by atoms with E-state index in [1.54, 1.807) is 0 Å². The lowest BCUT2D eigenvalue weighted by Gasteiger charge is -2.28. The molecule has 2 aromatic rings. The number of nitrogens with one attached hydrogen (secondary N) is 2. The first-order valence-corrected chi connectivity index (χ1v) is 7.46. The molecule has 0 radical (unpaired) electrons. The molecule has 116 valence electrons. The number of carbonyl (C=O) groups is 1. The van der Waals surface area contributed by atoms with Crippen LogP contribution >= 0.6 is 0 Å². The minimum Gasteiger partial charge on any atom is -0.378 e. The molecule has 2 atom stereocenters. The summed E-state index contributed by atoms with van der Waals surface area (Å²) in [6, 6.07) is 7.73. The Kier molecular flexibility index (Phi) is 4.43. The molecule has 7 nitrogen and oxygen atoms in total. The predicted molar refractivity (Wildman–Crippen MR) is 79.6 cm³/mol. The van der Waals surface area contributed by atoms with E-state index in [1.165, 1.54) is 0 Å². The normalized spacial score (nSPS) is 21.5. The summed E-state index contributed by atoms with van der Waals surface area (Å²) >= 11 is 0. The van der Waals surface area contributed by atoms with Crippen molar-refractivity contribution in [2.45, 2.75) is 32.4 Å². The van der Waals surface area contributed by atoms with Gasteiger partial charge < -0.3 is 10.1 Å². The molecule has 2 unspecified atom stereocenters. The van der Waals surface area contributed by atoms with Gasteiger partial charge in [0, 0.05) is 18.7 Å². The van der Waals surface area contributed by atoms with Crippen LogP contribution in [0.25, 0.3) is 11.4 Å². The van der Waals surface area contributed by atoms with Crippen molar-refractivity contribution in [3.8, 4) is 11.4 Å². The highest BCUT2D eigenvalue weighted by molar-refractivity contribution is 5.79. The van der Waals surface area contributed by atoms with Crippen molar-refractivity contribution in [2.24, 2.45) is 5.92 Å². The minimum atomic E-state index is -0.0487. The lowest BCUT2D eigenvalue weighted by molar-refractivity contribution is -0.133. The number of carbonyl (C=O) groups excluding carboxylic acids is 1. The molecule has 0 spiro atoms. The Hall–Kier alpha value is -2.28. The van der Waals surface area contributed by atoms with Gasteiger partial charge in [0.1, 0.15) is 0 Å². The number of hydrogen-bond acceptors (Lipinski definition) is 5. The summed E-state index contributed by atoms with van der Waals surface area (Å²) in [4.78, 5) is 12.2. The maximum absolute atomic E-state index is 12.2. The molecule has 0 bridgehead atoms. The number of aromatic amines is 1. The van der Waals surface area contributed by atoms with E-state index in [-0.39, 0.29) is 17.9 Å². The van der Waals surface area contributed by atoms with Crippen molar-refractivity contribution in [3.63, 3.8) is 0 Å². The van der Waals surface area contributed by atoms with Gasteiger partial charge in [-0.1, -0.05) is 24.3 Å². The number of benzene rings is 1. The third-order valence-electron chi connectivity index (χ3n) is 3.97. The van der Waals surface area contributed by atoms with Gasteiger partial charge in [0.25, 0.3) is 0 Å². The number of nitrogens with zero attached hydrogens (tertiary/aromatic N) is 3. The Morgan fingerprint density at radius 3 is 2.91 bits per heavy atom. The standard InChI is InChI=1S/C15H19N5O2/c1-10-13(3-2-8-22-10)15(21)16-9-11-4-6-12(7-5-11)14-17-19-20-18-14/h4-7,10,13H,2-3,8-9H2,1H3,(H,16,21)(H,17,18,19,20). The molecule has 22 heavy (non-hydrogen) atoms. The van der Waals surface area contributed by atoms with Gasteiger partial charge in [0.05, 0.1) is 12.0 Å². The first kappa shape index (κ1) is 14.6. The van der Waals surface area contributed by atoms with Crippen LogP contribution in [0.1, 0.15) is 25.3 Å². The number of ether oxygens (including phenoxy) is 1. The lowest BCUT2D eigenvalue weighted by atomic mass is 9.94. The monoisotopic (exact) mass is 301 g/mol. The molecule has 2 heterocycles. The largest absolute Gasteiger partial charge is 0.378 e. The summed E-state index contributed by atoms with van der Waals surface area (Å²) < 4.78 is 5.54. The quantitative estimate of drug-likeness (QED) is 0.888. The van der Waals surface area contributed by atoms with Gasteiger partial charge in [-0.25, -0.2) is 0 Å². The van der Waals surface area contributed by atoms with Crippen molar-refractivity contribution in [1.82, 2.24) is 25.9 Å². The highest BCUT2D eigenvalue weighted by Crippen LogP contribution is 2.21. The second kappa shape index (κ2) is 6.65. The lowest BCUT2D eigenvalue weighted by Crippen LogP contribution is -2.39. The zero-order chi connectivity index (χ0) is 15.4. The molecule has 2 N–H and O–H groups in total. The SMILES string of the molecule is CC1OCCCC1C(=O)NCc1ccc(-c2nn[nH]n2)cc1. The average molecular weight is 301 g/mol. The Morgan fingerprint density at radius 1 is 1.41 bits per heavy atom. The Labute approximate surface area is 128 Å². The van der Waals surface area contributed by atoms with Gasteiger partial charge >= 0.3 is 0 Å². The number of tetrazole rings is 1.